The molecule has 4 aromatic rings. The molecule has 1 aliphatic carbocycles. The molecule has 276 valence electrons. The number of carbonyl (C=O) groups excluding carboxylic acids is 1. The summed E-state index contributed by atoms with van der Waals surface area (Å²) in [5.74, 6) is 1.32. The second-order valence-electron chi connectivity index (χ2n) is 15.8. The number of amides is 1. The minimum atomic E-state index is -4.58. The molecule has 9 rings (SSSR count). The molecule has 4 saturated heterocycles. The molecule has 1 N–H and O–H groups in total. The number of fused-ring (bicyclic) bond motifs is 2. The number of ether oxygens (including phenoxy) is 1. The number of nitriles is 1. The summed E-state index contributed by atoms with van der Waals surface area (Å²) in [6.45, 7) is 9.87. The fraction of sp³-hybridized carbons (Fsp3) is 0.513. The number of likely N-dealkylation sites (tertiary alicyclic amines) is 2. The fourth-order valence-electron chi connectivity index (χ4n) is 9.06. The van der Waals surface area contributed by atoms with Crippen LogP contribution in [0.3, 0.4) is 0 Å². The molecule has 6 heterocycles. The molecule has 4 aliphatic heterocycles. The predicted octanol–water partition coefficient (Wildman–Crippen LogP) is 6.09. The number of nitrogens with zero attached hydrogens (tertiary/aromatic N) is 8. The molecule has 14 heteroatoms. The first kappa shape index (κ1) is 33.9. The van der Waals surface area contributed by atoms with Crippen molar-refractivity contribution in [3.63, 3.8) is 0 Å². The van der Waals surface area contributed by atoms with Crippen LogP contribution in [0.5, 0.6) is 5.75 Å². The summed E-state index contributed by atoms with van der Waals surface area (Å²) in [4.78, 5) is 31.0. The Hall–Kier alpha value is -4.90. The maximum absolute atomic E-state index is 14.1. The molecule has 1 spiro atoms. The van der Waals surface area contributed by atoms with Crippen molar-refractivity contribution in [2.75, 3.05) is 68.8 Å². The molecular weight excluding hydrogens is 683 g/mol. The van der Waals surface area contributed by atoms with Crippen LogP contribution in [0.2, 0.25) is 0 Å². The van der Waals surface area contributed by atoms with E-state index in [-0.39, 0.29) is 28.5 Å². The van der Waals surface area contributed by atoms with Crippen LogP contribution in [-0.2, 0) is 4.79 Å². The number of aryl methyl sites for hydroxylation is 1. The highest BCUT2D eigenvalue weighted by Gasteiger charge is 2.51. The van der Waals surface area contributed by atoms with E-state index in [1.807, 2.05) is 24.0 Å². The van der Waals surface area contributed by atoms with Crippen LogP contribution in [0.25, 0.3) is 32.9 Å². The average molecular weight is 726 g/mol. The van der Waals surface area contributed by atoms with Crippen LogP contribution in [0.4, 0.5) is 24.9 Å². The number of aromatic amines is 1. The second-order valence-corrected chi connectivity index (χ2v) is 15.8. The van der Waals surface area contributed by atoms with E-state index in [0.29, 0.717) is 73.9 Å². The normalized spacial score (nSPS) is 20.9. The van der Waals surface area contributed by atoms with Gasteiger partial charge in [-0.3, -0.25) is 14.8 Å². The molecular formula is C39H42F3N9O2. The zero-order valence-electron chi connectivity index (χ0n) is 29.8. The van der Waals surface area contributed by atoms with E-state index in [1.165, 1.54) is 6.08 Å². The number of rotatable bonds is 9. The minimum absolute atomic E-state index is 0.0283. The molecule has 5 fully saturated rings. The third-order valence-corrected chi connectivity index (χ3v) is 12.3. The first-order valence-corrected chi connectivity index (χ1v) is 18.5. The largest absolute Gasteiger partial charge is 0.481 e. The number of piperidine rings is 1. The number of benzene rings is 2. The van der Waals surface area contributed by atoms with Crippen LogP contribution >= 0.6 is 0 Å². The topological polar surface area (TPSA) is 118 Å². The lowest BCUT2D eigenvalue weighted by molar-refractivity contribution is -0.153. The Morgan fingerprint density at radius 2 is 1.83 bits per heavy atom. The molecule has 11 nitrogen and oxygen atoms in total. The third kappa shape index (κ3) is 5.75. The van der Waals surface area contributed by atoms with Crippen molar-refractivity contribution in [2.24, 2.45) is 5.41 Å². The molecule has 1 saturated carbocycles. The molecule has 5 aliphatic rings. The van der Waals surface area contributed by atoms with Gasteiger partial charge in [0.05, 0.1) is 29.7 Å². The number of carbonyl (C=O) groups is 1. The third-order valence-electron chi connectivity index (χ3n) is 12.3. The average Bonchev–Trinajstić information content (AvgIpc) is 3.82. The van der Waals surface area contributed by atoms with Crippen molar-refractivity contribution in [1.29, 1.82) is 5.26 Å². The number of alkyl halides is 3. The summed E-state index contributed by atoms with van der Waals surface area (Å²) < 4.78 is 48.3. The van der Waals surface area contributed by atoms with Gasteiger partial charge in [-0.25, -0.2) is 4.98 Å². The predicted molar refractivity (Wildman–Crippen MR) is 195 cm³/mol. The van der Waals surface area contributed by atoms with Crippen molar-refractivity contribution in [2.45, 2.75) is 63.1 Å². The number of nitrogens with one attached hydrogen (secondary N) is 1. The van der Waals surface area contributed by atoms with Gasteiger partial charge in [-0.2, -0.15) is 28.5 Å². The molecule has 0 bridgehead atoms. The number of aromatic nitrogens is 4. The van der Waals surface area contributed by atoms with E-state index in [2.05, 4.69) is 43.6 Å². The Balaban J connectivity index is 1.21. The highest BCUT2D eigenvalue weighted by Crippen LogP contribution is 2.54. The zero-order chi connectivity index (χ0) is 36.7. The molecule has 0 radical (unpaired) electrons. The smallest absolute Gasteiger partial charge is 0.422 e. The highest BCUT2D eigenvalue weighted by molar-refractivity contribution is 6.06. The number of halogens is 3. The lowest BCUT2D eigenvalue weighted by Gasteiger charge is -2.58. The second kappa shape index (κ2) is 12.3. The van der Waals surface area contributed by atoms with Gasteiger partial charge >= 0.3 is 6.18 Å². The summed E-state index contributed by atoms with van der Waals surface area (Å²) in [5.41, 5.74) is 4.12. The van der Waals surface area contributed by atoms with E-state index >= 15 is 0 Å². The van der Waals surface area contributed by atoms with Gasteiger partial charge in [-0.1, -0.05) is 12.6 Å². The van der Waals surface area contributed by atoms with E-state index in [1.54, 1.807) is 6.20 Å². The van der Waals surface area contributed by atoms with Gasteiger partial charge in [0, 0.05) is 74.1 Å². The van der Waals surface area contributed by atoms with E-state index in [4.69, 9.17) is 14.7 Å². The maximum atomic E-state index is 14.1. The summed E-state index contributed by atoms with van der Waals surface area (Å²) in [6.07, 6.45) is 3.52. The van der Waals surface area contributed by atoms with Crippen LogP contribution in [0.1, 0.15) is 55.6 Å². The van der Waals surface area contributed by atoms with Crippen molar-refractivity contribution >= 4 is 39.5 Å². The first-order chi connectivity index (χ1) is 25.5. The fourth-order valence-corrected chi connectivity index (χ4v) is 9.06. The lowest BCUT2D eigenvalue weighted by atomic mass is 9.72. The first-order valence-electron chi connectivity index (χ1n) is 18.5. The van der Waals surface area contributed by atoms with Gasteiger partial charge in [0.2, 0.25) is 11.9 Å². The zero-order valence-corrected chi connectivity index (χ0v) is 29.8. The van der Waals surface area contributed by atoms with Gasteiger partial charge in [0.15, 0.2) is 12.4 Å². The molecule has 0 unspecified atom stereocenters. The number of anilines is 2. The number of H-pyrrole nitrogens is 1. The van der Waals surface area contributed by atoms with Gasteiger partial charge in [-0.05, 0) is 79.8 Å². The molecule has 0 atom stereocenters. The standard InChI is InChI=1S/C39H42F3N9O2/c1-3-30(52)49-19-37(20-49)10-15-48(16-11-37)35-27-17-26(25-6-7-25)32(31-24(2)5-8-29-28(31)18-44-47-29)34(53-23-39(40,41)42)33(27)45-36(46-35)50-21-38(22-50,9-12-43)51-13-4-14-51/h3,5,8,17-18,25H,1,4,6-7,9-11,13-16,19-23H2,2H3,(H,44,47). The Labute approximate surface area is 305 Å². The van der Waals surface area contributed by atoms with Gasteiger partial charge in [0.1, 0.15) is 11.3 Å². The van der Waals surface area contributed by atoms with Crippen LogP contribution in [-0.4, -0.2) is 107 Å². The van der Waals surface area contributed by atoms with Crippen LogP contribution < -0.4 is 14.5 Å². The van der Waals surface area contributed by atoms with Crippen molar-refractivity contribution < 1.29 is 22.7 Å². The van der Waals surface area contributed by atoms with Crippen molar-refractivity contribution in [3.8, 4) is 22.9 Å². The van der Waals surface area contributed by atoms with Crippen molar-refractivity contribution in [3.05, 3.63) is 48.2 Å². The molecule has 1 amide bonds. The van der Waals surface area contributed by atoms with Crippen molar-refractivity contribution in [1.82, 2.24) is 30.0 Å². The Bertz CT molecular complexity index is 2160. The number of hydrogen-bond donors (Lipinski definition) is 1. The highest BCUT2D eigenvalue weighted by atomic mass is 19.4. The minimum Gasteiger partial charge on any atom is -0.481 e. The maximum Gasteiger partial charge on any atom is 0.422 e. The summed E-state index contributed by atoms with van der Waals surface area (Å²) in [6, 6.07) is 8.38. The molecule has 53 heavy (non-hydrogen) atoms. The molecule has 2 aromatic carbocycles. The summed E-state index contributed by atoms with van der Waals surface area (Å²) >= 11 is 0. The van der Waals surface area contributed by atoms with E-state index < -0.39 is 12.8 Å². The Morgan fingerprint density at radius 3 is 2.47 bits per heavy atom. The SMILES string of the molecule is C=CC(=O)N1CC2(CCN(c3nc(N4CC(CC#N)(N5CCC5)C4)nc4c(OCC(F)(F)F)c(-c5c(C)ccc6[nH]ncc56)c(C5CC5)cc34)CC2)C1. The summed E-state index contributed by atoms with van der Waals surface area (Å²) in [7, 11) is 0. The Kier molecular flexibility index (Phi) is 7.89. The van der Waals surface area contributed by atoms with Crippen LogP contribution in [0, 0.1) is 23.7 Å². The van der Waals surface area contributed by atoms with Gasteiger partial charge < -0.3 is 19.4 Å². The van der Waals surface area contributed by atoms with Gasteiger partial charge in [-0.15, -0.1) is 0 Å². The monoisotopic (exact) mass is 725 g/mol. The summed E-state index contributed by atoms with van der Waals surface area (Å²) in [5, 5.41) is 18.6. The lowest BCUT2D eigenvalue weighted by Crippen LogP contribution is -2.73. The van der Waals surface area contributed by atoms with E-state index in [0.717, 1.165) is 72.8 Å². The van der Waals surface area contributed by atoms with E-state index in [9.17, 15) is 23.2 Å². The quantitative estimate of drug-likeness (QED) is 0.205. The van der Waals surface area contributed by atoms with Crippen LogP contribution in [0.15, 0.2) is 37.1 Å². The van der Waals surface area contributed by atoms with Gasteiger partial charge in [0.25, 0.3) is 0 Å². The number of hydrogen-bond acceptors (Lipinski definition) is 9. The Morgan fingerprint density at radius 1 is 1.08 bits per heavy atom. The molecule has 2 aromatic heterocycles.